The predicted molar refractivity (Wildman–Crippen MR) is 87.5 cm³/mol. The van der Waals surface area contributed by atoms with E-state index in [0.717, 1.165) is 0 Å². The second kappa shape index (κ2) is 7.79. The molecule has 2 rings (SSSR count). The smallest absolute Gasteiger partial charge is 0.258 e. The van der Waals surface area contributed by atoms with E-state index in [1.54, 1.807) is 61.7 Å². The fourth-order valence-corrected chi connectivity index (χ4v) is 1.94. The lowest BCUT2D eigenvalue weighted by molar-refractivity contribution is -0.115. The summed E-state index contributed by atoms with van der Waals surface area (Å²) >= 11 is 0. The van der Waals surface area contributed by atoms with Crippen LogP contribution in [0.5, 0.6) is 11.5 Å². The molecule has 2 aromatic rings. The minimum absolute atomic E-state index is 0.427. The molecule has 0 aliphatic heterocycles. The molecular weight excluding hydrogens is 294 g/mol. The van der Waals surface area contributed by atoms with Crippen LogP contribution in [0.15, 0.2) is 54.6 Å². The highest BCUT2D eigenvalue weighted by molar-refractivity contribution is 6.09. The van der Waals surface area contributed by atoms with Crippen molar-refractivity contribution in [1.82, 2.24) is 5.32 Å². The standard InChI is InChI=1S/C18H17NO4/c1-22-15-10-8-13(16(12-15)23-2)9-11-17(20)19-18(21)14-6-4-3-5-7-14/h3-12H,1-2H3,(H,19,20,21)/b11-9+. The molecule has 5 nitrogen and oxygen atoms in total. The van der Waals surface area contributed by atoms with Crippen LogP contribution in [0.3, 0.4) is 0 Å². The van der Waals surface area contributed by atoms with Gasteiger partial charge in [0.2, 0.25) is 0 Å². The Labute approximate surface area is 134 Å². The molecule has 0 fully saturated rings. The van der Waals surface area contributed by atoms with E-state index in [1.165, 1.54) is 13.2 Å². The number of hydrogen-bond donors (Lipinski definition) is 1. The van der Waals surface area contributed by atoms with Gasteiger partial charge < -0.3 is 9.47 Å². The van der Waals surface area contributed by atoms with Crippen molar-refractivity contribution in [2.45, 2.75) is 0 Å². The van der Waals surface area contributed by atoms with E-state index in [1.807, 2.05) is 0 Å². The summed E-state index contributed by atoms with van der Waals surface area (Å²) in [4.78, 5) is 23.7. The van der Waals surface area contributed by atoms with Crippen LogP contribution in [0.1, 0.15) is 15.9 Å². The molecule has 0 aliphatic carbocycles. The number of carbonyl (C=O) groups is 2. The fraction of sp³-hybridized carbons (Fsp3) is 0.111. The molecule has 23 heavy (non-hydrogen) atoms. The summed E-state index contributed by atoms with van der Waals surface area (Å²) in [6.45, 7) is 0. The topological polar surface area (TPSA) is 64.6 Å². The number of hydrogen-bond acceptors (Lipinski definition) is 4. The Balaban J connectivity index is 2.05. The van der Waals surface area contributed by atoms with Gasteiger partial charge in [0, 0.05) is 23.3 Å². The second-order valence-electron chi connectivity index (χ2n) is 4.63. The minimum atomic E-state index is -0.503. The average Bonchev–Trinajstić information content (AvgIpc) is 2.60. The van der Waals surface area contributed by atoms with Gasteiger partial charge in [-0.05, 0) is 30.3 Å². The Kier molecular flexibility index (Phi) is 5.52. The lowest BCUT2D eigenvalue weighted by Gasteiger charge is -2.07. The lowest BCUT2D eigenvalue weighted by atomic mass is 10.1. The number of imide groups is 1. The van der Waals surface area contributed by atoms with Crippen LogP contribution >= 0.6 is 0 Å². The Morgan fingerprint density at radius 2 is 1.74 bits per heavy atom. The van der Waals surface area contributed by atoms with Crippen molar-refractivity contribution >= 4 is 17.9 Å². The van der Waals surface area contributed by atoms with Gasteiger partial charge in [0.1, 0.15) is 11.5 Å². The summed E-state index contributed by atoms with van der Waals surface area (Å²) in [6.07, 6.45) is 2.86. The van der Waals surface area contributed by atoms with Gasteiger partial charge >= 0.3 is 0 Å². The van der Waals surface area contributed by atoms with Crippen LogP contribution < -0.4 is 14.8 Å². The quantitative estimate of drug-likeness (QED) is 0.862. The highest BCUT2D eigenvalue weighted by Gasteiger charge is 2.08. The van der Waals surface area contributed by atoms with Gasteiger partial charge in [-0.2, -0.15) is 0 Å². The van der Waals surface area contributed by atoms with Crippen LogP contribution in [-0.4, -0.2) is 26.0 Å². The number of benzene rings is 2. The van der Waals surface area contributed by atoms with Crippen molar-refractivity contribution in [3.05, 3.63) is 65.7 Å². The van der Waals surface area contributed by atoms with Crippen molar-refractivity contribution in [3.8, 4) is 11.5 Å². The molecule has 5 heteroatoms. The summed E-state index contributed by atoms with van der Waals surface area (Å²) in [6, 6.07) is 13.8. The highest BCUT2D eigenvalue weighted by atomic mass is 16.5. The maximum atomic E-state index is 11.9. The van der Waals surface area contributed by atoms with Crippen LogP contribution in [0.25, 0.3) is 6.08 Å². The molecule has 2 amide bonds. The lowest BCUT2D eigenvalue weighted by Crippen LogP contribution is -2.28. The normalized spacial score (nSPS) is 10.3. The van der Waals surface area contributed by atoms with Gasteiger partial charge in [0.25, 0.3) is 11.8 Å². The maximum Gasteiger partial charge on any atom is 0.258 e. The zero-order valence-corrected chi connectivity index (χ0v) is 12.9. The Hall–Kier alpha value is -3.08. The van der Waals surface area contributed by atoms with Crippen molar-refractivity contribution in [2.75, 3.05) is 14.2 Å². The van der Waals surface area contributed by atoms with Gasteiger partial charge in [-0.1, -0.05) is 18.2 Å². The van der Waals surface area contributed by atoms with Crippen LogP contribution in [0.4, 0.5) is 0 Å². The molecule has 0 unspecified atom stereocenters. The van der Waals surface area contributed by atoms with Gasteiger partial charge in [0.15, 0.2) is 0 Å². The largest absolute Gasteiger partial charge is 0.497 e. The number of rotatable bonds is 5. The molecule has 0 aromatic heterocycles. The molecule has 0 radical (unpaired) electrons. The van der Waals surface area contributed by atoms with E-state index >= 15 is 0 Å². The van der Waals surface area contributed by atoms with E-state index in [4.69, 9.17) is 9.47 Å². The summed E-state index contributed by atoms with van der Waals surface area (Å²) in [5, 5.41) is 2.30. The first kappa shape index (κ1) is 16.3. The molecule has 0 aliphatic rings. The van der Waals surface area contributed by atoms with E-state index in [9.17, 15) is 9.59 Å². The van der Waals surface area contributed by atoms with Crippen LogP contribution in [-0.2, 0) is 4.79 Å². The maximum absolute atomic E-state index is 11.9. The Bertz CT molecular complexity index is 723. The first-order valence-corrected chi connectivity index (χ1v) is 6.94. The van der Waals surface area contributed by atoms with Crippen LogP contribution in [0, 0.1) is 0 Å². The van der Waals surface area contributed by atoms with Crippen LogP contribution in [0.2, 0.25) is 0 Å². The van der Waals surface area contributed by atoms with E-state index in [2.05, 4.69) is 5.32 Å². The predicted octanol–water partition coefficient (Wildman–Crippen LogP) is 2.67. The first-order valence-electron chi connectivity index (χ1n) is 6.94. The van der Waals surface area contributed by atoms with E-state index in [-0.39, 0.29) is 0 Å². The molecule has 0 atom stereocenters. The van der Waals surface area contributed by atoms with Crippen molar-refractivity contribution in [3.63, 3.8) is 0 Å². The number of carbonyl (C=O) groups excluding carboxylic acids is 2. The molecule has 0 saturated carbocycles. The van der Waals surface area contributed by atoms with Gasteiger partial charge in [-0.25, -0.2) is 0 Å². The van der Waals surface area contributed by atoms with E-state index < -0.39 is 11.8 Å². The minimum Gasteiger partial charge on any atom is -0.497 e. The molecule has 2 aromatic carbocycles. The fourth-order valence-electron chi connectivity index (χ4n) is 1.94. The number of methoxy groups -OCH3 is 2. The van der Waals surface area contributed by atoms with E-state index in [0.29, 0.717) is 22.6 Å². The third-order valence-electron chi connectivity index (χ3n) is 3.13. The summed E-state index contributed by atoms with van der Waals surface area (Å²) in [7, 11) is 3.10. The molecule has 0 spiro atoms. The number of amides is 2. The summed E-state index contributed by atoms with van der Waals surface area (Å²) < 4.78 is 10.4. The third kappa shape index (κ3) is 4.44. The highest BCUT2D eigenvalue weighted by Crippen LogP contribution is 2.25. The zero-order valence-electron chi connectivity index (χ0n) is 12.9. The zero-order chi connectivity index (χ0) is 16.7. The van der Waals surface area contributed by atoms with Crippen molar-refractivity contribution < 1.29 is 19.1 Å². The average molecular weight is 311 g/mol. The Morgan fingerprint density at radius 1 is 1.00 bits per heavy atom. The van der Waals surface area contributed by atoms with Crippen molar-refractivity contribution in [2.24, 2.45) is 0 Å². The Morgan fingerprint density at radius 3 is 2.39 bits per heavy atom. The molecule has 0 heterocycles. The van der Waals surface area contributed by atoms with Crippen molar-refractivity contribution in [1.29, 1.82) is 0 Å². The SMILES string of the molecule is COc1ccc(/C=C/C(=O)NC(=O)c2ccccc2)c(OC)c1. The molecule has 0 saturated heterocycles. The number of nitrogens with one attached hydrogen (secondary N) is 1. The molecular formula is C18H17NO4. The summed E-state index contributed by atoms with van der Waals surface area (Å²) in [5.74, 6) is 0.282. The molecule has 1 N–H and O–H groups in total. The first-order chi connectivity index (χ1) is 11.1. The third-order valence-corrected chi connectivity index (χ3v) is 3.13. The number of ether oxygens (including phenoxy) is 2. The van der Waals surface area contributed by atoms with Gasteiger partial charge in [-0.15, -0.1) is 0 Å². The second-order valence-corrected chi connectivity index (χ2v) is 4.63. The summed E-state index contributed by atoms with van der Waals surface area (Å²) in [5.41, 5.74) is 1.13. The monoisotopic (exact) mass is 311 g/mol. The molecule has 0 bridgehead atoms. The molecule has 118 valence electrons. The van der Waals surface area contributed by atoms with Gasteiger partial charge in [-0.3, -0.25) is 14.9 Å². The van der Waals surface area contributed by atoms with Gasteiger partial charge in [0.05, 0.1) is 14.2 Å².